The molecule has 2 unspecified atom stereocenters. The largest absolute Gasteiger partial charge is 0.330 e. The Morgan fingerprint density at radius 1 is 0.542 bits per heavy atom. The molecular weight excluding hydrogens is 713 g/mol. The van der Waals surface area contributed by atoms with Crippen molar-refractivity contribution in [1.29, 1.82) is 0 Å². The lowest BCUT2D eigenvalue weighted by Crippen LogP contribution is -2.61. The van der Waals surface area contributed by atoms with Crippen LogP contribution in [0.15, 0.2) is 146 Å². The van der Waals surface area contributed by atoms with Crippen molar-refractivity contribution in [2.24, 2.45) is 0 Å². The van der Waals surface area contributed by atoms with Crippen LogP contribution in [0.2, 0.25) is 0 Å². The predicted octanol–water partition coefficient (Wildman–Crippen LogP) is 12.3. The molecule has 3 aliphatic heterocycles. The molecule has 0 saturated heterocycles. The van der Waals surface area contributed by atoms with Crippen LogP contribution in [0.4, 0.5) is 45.5 Å². The average molecular weight is 766 g/mol. The van der Waals surface area contributed by atoms with Gasteiger partial charge < -0.3 is 14.7 Å². The van der Waals surface area contributed by atoms with Crippen molar-refractivity contribution < 1.29 is 0 Å². The first-order chi connectivity index (χ1) is 28.4. The zero-order valence-electron chi connectivity index (χ0n) is 35.7. The molecule has 0 amide bonds. The molecule has 0 bridgehead atoms. The summed E-state index contributed by atoms with van der Waals surface area (Å²) in [6, 6.07) is 55.8. The Kier molecular flexibility index (Phi) is 7.66. The van der Waals surface area contributed by atoms with Gasteiger partial charge in [0.25, 0.3) is 6.71 Å². The second kappa shape index (κ2) is 12.5. The number of para-hydroxylation sites is 2. The number of benzene rings is 7. The fraction of sp³-hybridized carbons (Fsp3) is 0.236. The van der Waals surface area contributed by atoms with Gasteiger partial charge in [0.1, 0.15) is 0 Å². The monoisotopic (exact) mass is 765 g/mol. The van der Waals surface area contributed by atoms with Crippen LogP contribution in [0.1, 0.15) is 80.0 Å². The smallest absolute Gasteiger partial charge is 0.252 e. The second-order valence-electron chi connectivity index (χ2n) is 19.1. The zero-order valence-corrected chi connectivity index (χ0v) is 35.7. The van der Waals surface area contributed by atoms with E-state index in [1.54, 1.807) is 0 Å². The Morgan fingerprint density at radius 3 is 1.90 bits per heavy atom. The summed E-state index contributed by atoms with van der Waals surface area (Å²) in [5.41, 5.74) is 23.3. The van der Waals surface area contributed by atoms with Gasteiger partial charge in [-0.15, -0.1) is 0 Å². The number of anilines is 8. The van der Waals surface area contributed by atoms with Crippen molar-refractivity contribution in [3.05, 3.63) is 185 Å². The normalized spacial score (nSPS) is 19.7. The summed E-state index contributed by atoms with van der Waals surface area (Å²) >= 11 is 0. The zero-order chi connectivity index (χ0) is 40.6. The molecule has 0 spiro atoms. The Balaban J connectivity index is 1.20. The summed E-state index contributed by atoms with van der Waals surface area (Å²) in [6.07, 6.45) is 2.20. The van der Waals surface area contributed by atoms with E-state index in [0.717, 1.165) is 12.8 Å². The third kappa shape index (κ3) is 4.95. The van der Waals surface area contributed by atoms with Crippen LogP contribution in [0, 0.1) is 20.8 Å². The molecule has 2 atom stereocenters. The molecule has 0 radical (unpaired) electrons. The third-order valence-electron chi connectivity index (χ3n) is 14.6. The minimum absolute atomic E-state index is 0.0523. The van der Waals surface area contributed by atoms with E-state index in [-0.39, 0.29) is 23.1 Å². The highest BCUT2D eigenvalue weighted by Crippen LogP contribution is 2.64. The summed E-state index contributed by atoms with van der Waals surface area (Å²) in [5.74, 6) is 0. The second-order valence-corrected chi connectivity index (χ2v) is 19.1. The third-order valence-corrected chi connectivity index (χ3v) is 14.6. The number of aryl methyl sites for hydroxylation is 4. The topological polar surface area (TPSA) is 9.72 Å². The number of rotatable bonds is 3. The number of hydrogen-bond donors (Lipinski definition) is 0. The SMILES string of the molecule is Cc1cc2c3c(c1)N(c1ccc(C(C)(C)C)cc1)c1cc(N4c5c(C)cc(C)cc5C5(C)CCc6ccccc6C45C)ccc1B3c1ccccc1N2c1ccccc1. The van der Waals surface area contributed by atoms with E-state index in [0.29, 0.717) is 0 Å². The van der Waals surface area contributed by atoms with Crippen molar-refractivity contribution in [3.8, 4) is 0 Å². The molecule has 3 nitrogen and oxygen atoms in total. The summed E-state index contributed by atoms with van der Waals surface area (Å²) in [7, 11) is 0. The Bertz CT molecular complexity index is 2850. The predicted molar refractivity (Wildman–Crippen MR) is 251 cm³/mol. The fourth-order valence-electron chi connectivity index (χ4n) is 11.6. The van der Waals surface area contributed by atoms with Crippen LogP contribution in [-0.2, 0) is 22.8 Å². The van der Waals surface area contributed by atoms with Crippen LogP contribution in [0.25, 0.3) is 0 Å². The van der Waals surface area contributed by atoms with Crippen molar-refractivity contribution in [3.63, 3.8) is 0 Å². The van der Waals surface area contributed by atoms with E-state index >= 15 is 0 Å². The van der Waals surface area contributed by atoms with Gasteiger partial charge in [-0.3, -0.25) is 0 Å². The van der Waals surface area contributed by atoms with Gasteiger partial charge in [-0.1, -0.05) is 124 Å². The van der Waals surface area contributed by atoms with Crippen molar-refractivity contribution in [2.75, 3.05) is 14.7 Å². The first kappa shape index (κ1) is 36.1. The van der Waals surface area contributed by atoms with Gasteiger partial charge in [0.05, 0.1) is 5.54 Å². The van der Waals surface area contributed by atoms with Gasteiger partial charge in [0.15, 0.2) is 0 Å². The summed E-state index contributed by atoms with van der Waals surface area (Å²) < 4.78 is 0. The Hall–Kier alpha value is -6.00. The number of hydrogen-bond acceptors (Lipinski definition) is 3. The first-order valence-corrected chi connectivity index (χ1v) is 21.5. The van der Waals surface area contributed by atoms with Crippen LogP contribution < -0.4 is 31.1 Å². The molecule has 0 fully saturated rings. The molecule has 0 N–H and O–H groups in total. The van der Waals surface area contributed by atoms with Crippen LogP contribution >= 0.6 is 0 Å². The van der Waals surface area contributed by atoms with E-state index in [2.05, 4.69) is 216 Å². The molecule has 1 aliphatic carbocycles. The summed E-state index contributed by atoms with van der Waals surface area (Å²) in [4.78, 5) is 7.82. The molecule has 7 aromatic rings. The molecule has 0 saturated carbocycles. The van der Waals surface area contributed by atoms with E-state index in [1.165, 1.54) is 101 Å². The number of fused-ring (bicyclic) bond motifs is 9. The number of nitrogens with zero attached hydrogens (tertiary/aromatic N) is 3. The highest BCUT2D eigenvalue weighted by atomic mass is 15.3. The first-order valence-electron chi connectivity index (χ1n) is 21.5. The molecule has 59 heavy (non-hydrogen) atoms. The van der Waals surface area contributed by atoms with Crippen molar-refractivity contribution in [1.82, 2.24) is 0 Å². The maximum absolute atomic E-state index is 2.75. The molecule has 11 rings (SSSR count). The molecule has 0 aromatic heterocycles. The van der Waals surface area contributed by atoms with Crippen LogP contribution in [-0.4, -0.2) is 6.71 Å². The van der Waals surface area contributed by atoms with Gasteiger partial charge in [0.2, 0.25) is 0 Å². The molecular formula is C55H52BN3. The Morgan fingerprint density at radius 2 is 1.15 bits per heavy atom. The summed E-state index contributed by atoms with van der Waals surface area (Å²) in [5, 5.41) is 0. The fourth-order valence-corrected chi connectivity index (χ4v) is 11.6. The minimum Gasteiger partial charge on any atom is -0.330 e. The quantitative estimate of drug-likeness (QED) is 0.166. The van der Waals surface area contributed by atoms with Gasteiger partial charge in [0, 0.05) is 50.9 Å². The Labute approximate surface area is 351 Å². The minimum atomic E-state index is -0.292. The highest BCUT2D eigenvalue weighted by Gasteiger charge is 2.60. The lowest BCUT2D eigenvalue weighted by Gasteiger charge is -2.51. The summed E-state index contributed by atoms with van der Waals surface area (Å²) in [6.45, 7) is 18.9. The lowest BCUT2D eigenvalue weighted by atomic mass is 9.33. The molecule has 3 heterocycles. The van der Waals surface area contributed by atoms with Gasteiger partial charge in [-0.05, 0) is 150 Å². The van der Waals surface area contributed by atoms with E-state index in [4.69, 9.17) is 0 Å². The maximum Gasteiger partial charge on any atom is 0.252 e. The molecule has 4 heteroatoms. The average Bonchev–Trinajstić information content (AvgIpc) is 3.44. The standard InChI is InChI=1S/C55H52BN3/c1-35-30-37(3)52-44(31-35)54(7)29-28-38-16-12-13-19-43(38)55(54,8)59(52)42-26-27-46-48(34-42)58(41-24-22-39(23-25-41)53(4,5)6)50-33-36(2)32-49-51(50)56(46)45-20-14-15-21-47(45)57(49)40-17-10-9-11-18-40/h9-27,30-34H,28-29H2,1-8H3. The van der Waals surface area contributed by atoms with Crippen molar-refractivity contribution >= 4 is 68.6 Å². The highest BCUT2D eigenvalue weighted by molar-refractivity contribution is 7.00. The lowest BCUT2D eigenvalue weighted by molar-refractivity contribution is 0.245. The van der Waals surface area contributed by atoms with Crippen LogP contribution in [0.3, 0.4) is 0 Å². The van der Waals surface area contributed by atoms with E-state index in [1.807, 2.05) is 0 Å². The van der Waals surface area contributed by atoms with Gasteiger partial charge in [-0.2, -0.15) is 0 Å². The molecule has 4 aliphatic rings. The van der Waals surface area contributed by atoms with E-state index in [9.17, 15) is 0 Å². The molecule has 290 valence electrons. The molecule has 7 aromatic carbocycles. The van der Waals surface area contributed by atoms with Gasteiger partial charge >= 0.3 is 0 Å². The maximum atomic E-state index is 2.75. The van der Waals surface area contributed by atoms with Crippen LogP contribution in [0.5, 0.6) is 0 Å². The van der Waals surface area contributed by atoms with Gasteiger partial charge in [-0.25, -0.2) is 0 Å². The van der Waals surface area contributed by atoms with E-state index < -0.39 is 0 Å². The van der Waals surface area contributed by atoms with Crippen molar-refractivity contribution in [2.45, 2.75) is 84.6 Å².